The molecule has 0 spiro atoms. The van der Waals surface area contributed by atoms with Crippen molar-refractivity contribution in [2.45, 2.75) is 20.4 Å². The Bertz CT molecular complexity index is 1140. The molecule has 27 heavy (non-hydrogen) atoms. The lowest BCUT2D eigenvalue weighted by atomic mass is 10.2. The number of aryl methyl sites for hydroxylation is 1. The van der Waals surface area contributed by atoms with Crippen molar-refractivity contribution in [3.63, 3.8) is 0 Å². The number of anilines is 1. The third-order valence-electron chi connectivity index (χ3n) is 4.37. The number of amides is 1. The Morgan fingerprint density at radius 3 is 2.78 bits per heavy atom. The SMILES string of the molecule is Cc1nn(Cc2ccc(C(=O)Nc3cccc4cccnc34)o2)c(C)c1Cl. The van der Waals surface area contributed by atoms with Crippen LogP contribution in [0.15, 0.2) is 53.1 Å². The van der Waals surface area contributed by atoms with Gasteiger partial charge in [-0.3, -0.25) is 14.5 Å². The topological polar surface area (TPSA) is 73.0 Å². The molecule has 6 nitrogen and oxygen atoms in total. The van der Waals surface area contributed by atoms with Gasteiger partial charge in [0.15, 0.2) is 5.76 Å². The second-order valence-corrected chi connectivity index (χ2v) is 6.62. The molecule has 7 heteroatoms. The zero-order valence-electron chi connectivity index (χ0n) is 14.9. The Morgan fingerprint density at radius 2 is 2.00 bits per heavy atom. The number of fused-ring (bicyclic) bond motifs is 1. The average Bonchev–Trinajstić information content (AvgIpc) is 3.23. The molecule has 0 fully saturated rings. The smallest absolute Gasteiger partial charge is 0.291 e. The van der Waals surface area contributed by atoms with E-state index < -0.39 is 0 Å². The van der Waals surface area contributed by atoms with Crippen molar-refractivity contribution in [3.05, 3.63) is 76.6 Å². The van der Waals surface area contributed by atoms with Gasteiger partial charge < -0.3 is 9.73 Å². The molecule has 3 heterocycles. The highest BCUT2D eigenvalue weighted by Gasteiger charge is 2.15. The van der Waals surface area contributed by atoms with Crippen molar-refractivity contribution in [1.82, 2.24) is 14.8 Å². The molecule has 0 aliphatic rings. The summed E-state index contributed by atoms with van der Waals surface area (Å²) in [7, 11) is 0. The Kier molecular flexibility index (Phi) is 4.41. The Balaban J connectivity index is 1.54. The number of aromatic nitrogens is 3. The van der Waals surface area contributed by atoms with E-state index >= 15 is 0 Å². The number of hydrogen-bond donors (Lipinski definition) is 1. The molecule has 4 aromatic rings. The molecular formula is C20H17ClN4O2. The van der Waals surface area contributed by atoms with Crippen molar-refractivity contribution in [2.24, 2.45) is 0 Å². The first-order chi connectivity index (χ1) is 13.0. The number of carbonyl (C=O) groups is 1. The third kappa shape index (κ3) is 3.31. The summed E-state index contributed by atoms with van der Waals surface area (Å²) in [5.74, 6) is 0.523. The predicted molar refractivity (Wildman–Crippen MR) is 104 cm³/mol. The van der Waals surface area contributed by atoms with Gasteiger partial charge in [0.05, 0.1) is 34.2 Å². The molecular weight excluding hydrogens is 364 g/mol. The number of carbonyl (C=O) groups excluding carboxylic acids is 1. The van der Waals surface area contributed by atoms with Crippen LogP contribution in [0.3, 0.4) is 0 Å². The maximum atomic E-state index is 12.6. The summed E-state index contributed by atoms with van der Waals surface area (Å²) < 4.78 is 7.46. The van der Waals surface area contributed by atoms with Crippen molar-refractivity contribution in [2.75, 3.05) is 5.32 Å². The molecule has 1 aromatic carbocycles. The van der Waals surface area contributed by atoms with Crippen LogP contribution in [-0.4, -0.2) is 20.7 Å². The van der Waals surface area contributed by atoms with Gasteiger partial charge in [-0.1, -0.05) is 29.8 Å². The zero-order chi connectivity index (χ0) is 19.0. The fourth-order valence-electron chi connectivity index (χ4n) is 2.95. The van der Waals surface area contributed by atoms with E-state index in [9.17, 15) is 4.79 Å². The van der Waals surface area contributed by atoms with E-state index in [2.05, 4.69) is 15.4 Å². The van der Waals surface area contributed by atoms with Crippen LogP contribution < -0.4 is 5.32 Å². The number of para-hydroxylation sites is 1. The highest BCUT2D eigenvalue weighted by molar-refractivity contribution is 6.31. The van der Waals surface area contributed by atoms with Gasteiger partial charge in [-0.2, -0.15) is 5.10 Å². The average molecular weight is 381 g/mol. The summed E-state index contributed by atoms with van der Waals surface area (Å²) in [5.41, 5.74) is 3.00. The van der Waals surface area contributed by atoms with Crippen molar-refractivity contribution in [3.8, 4) is 0 Å². The van der Waals surface area contributed by atoms with Gasteiger partial charge in [0.25, 0.3) is 5.91 Å². The maximum absolute atomic E-state index is 12.6. The summed E-state index contributed by atoms with van der Waals surface area (Å²) in [6, 6.07) is 12.9. The van der Waals surface area contributed by atoms with Gasteiger partial charge in [-0.25, -0.2) is 0 Å². The number of rotatable bonds is 4. The largest absolute Gasteiger partial charge is 0.454 e. The Labute approximate surface area is 160 Å². The predicted octanol–water partition coefficient (Wildman–Crippen LogP) is 4.60. The summed E-state index contributed by atoms with van der Waals surface area (Å²) in [5, 5.41) is 8.84. The molecule has 0 atom stereocenters. The summed E-state index contributed by atoms with van der Waals surface area (Å²) in [4.78, 5) is 16.9. The summed E-state index contributed by atoms with van der Waals surface area (Å²) in [6.07, 6.45) is 1.70. The van der Waals surface area contributed by atoms with Gasteiger partial charge in [0, 0.05) is 11.6 Å². The van der Waals surface area contributed by atoms with Crippen molar-refractivity contribution in [1.29, 1.82) is 0 Å². The Morgan fingerprint density at radius 1 is 1.19 bits per heavy atom. The van der Waals surface area contributed by atoms with Crippen LogP contribution in [-0.2, 0) is 6.54 Å². The van der Waals surface area contributed by atoms with E-state index in [4.69, 9.17) is 16.0 Å². The second-order valence-electron chi connectivity index (χ2n) is 6.24. The number of furan rings is 1. The fraction of sp³-hybridized carbons (Fsp3) is 0.150. The molecule has 0 bridgehead atoms. The molecule has 0 aliphatic carbocycles. The van der Waals surface area contributed by atoms with Crippen LogP contribution in [0.1, 0.15) is 27.7 Å². The van der Waals surface area contributed by atoms with E-state index in [-0.39, 0.29) is 11.7 Å². The molecule has 3 aromatic heterocycles. The van der Waals surface area contributed by atoms with E-state index in [1.165, 1.54) is 0 Å². The maximum Gasteiger partial charge on any atom is 0.291 e. The van der Waals surface area contributed by atoms with Crippen LogP contribution in [0.4, 0.5) is 5.69 Å². The van der Waals surface area contributed by atoms with E-state index in [0.717, 1.165) is 22.3 Å². The first-order valence-electron chi connectivity index (χ1n) is 8.46. The van der Waals surface area contributed by atoms with E-state index in [0.29, 0.717) is 23.0 Å². The van der Waals surface area contributed by atoms with Gasteiger partial charge in [0.1, 0.15) is 5.76 Å². The minimum absolute atomic E-state index is 0.227. The number of benzene rings is 1. The standard InChI is InChI=1S/C20H17ClN4O2/c1-12-18(21)13(2)25(24-12)11-15-8-9-17(27-15)20(26)23-16-7-3-5-14-6-4-10-22-19(14)16/h3-10H,11H2,1-2H3,(H,23,26). The van der Waals surface area contributed by atoms with Crippen LogP contribution in [0.5, 0.6) is 0 Å². The minimum atomic E-state index is -0.328. The highest BCUT2D eigenvalue weighted by atomic mass is 35.5. The van der Waals surface area contributed by atoms with Gasteiger partial charge in [0.2, 0.25) is 0 Å². The highest BCUT2D eigenvalue weighted by Crippen LogP contribution is 2.23. The van der Waals surface area contributed by atoms with Crippen molar-refractivity contribution >= 4 is 34.1 Å². The lowest BCUT2D eigenvalue weighted by Gasteiger charge is -2.06. The zero-order valence-corrected chi connectivity index (χ0v) is 15.6. The number of nitrogens with one attached hydrogen (secondary N) is 1. The third-order valence-corrected chi connectivity index (χ3v) is 4.91. The number of halogens is 1. The summed E-state index contributed by atoms with van der Waals surface area (Å²) >= 11 is 6.17. The molecule has 1 amide bonds. The van der Waals surface area contributed by atoms with Crippen molar-refractivity contribution < 1.29 is 9.21 Å². The van der Waals surface area contributed by atoms with Crippen LogP contribution in [0.2, 0.25) is 5.02 Å². The van der Waals surface area contributed by atoms with E-state index in [1.54, 1.807) is 23.0 Å². The molecule has 0 radical (unpaired) electrons. The lowest BCUT2D eigenvalue weighted by Crippen LogP contribution is -2.11. The fourth-order valence-corrected chi connectivity index (χ4v) is 3.09. The lowest BCUT2D eigenvalue weighted by molar-refractivity contribution is 0.0995. The number of hydrogen-bond acceptors (Lipinski definition) is 4. The first kappa shape index (κ1) is 17.3. The van der Waals surface area contributed by atoms with Crippen LogP contribution in [0, 0.1) is 13.8 Å². The molecule has 1 N–H and O–H groups in total. The minimum Gasteiger partial charge on any atom is -0.454 e. The molecule has 0 unspecified atom stereocenters. The molecule has 4 rings (SSSR count). The molecule has 0 saturated carbocycles. The van der Waals surface area contributed by atoms with E-state index in [1.807, 2.05) is 44.2 Å². The van der Waals surface area contributed by atoms with Gasteiger partial charge in [-0.05, 0) is 38.1 Å². The molecule has 136 valence electrons. The van der Waals surface area contributed by atoms with Crippen LogP contribution in [0.25, 0.3) is 10.9 Å². The van der Waals surface area contributed by atoms with Gasteiger partial charge in [-0.15, -0.1) is 0 Å². The van der Waals surface area contributed by atoms with Gasteiger partial charge >= 0.3 is 0 Å². The number of nitrogens with zero attached hydrogens (tertiary/aromatic N) is 3. The molecule has 0 aliphatic heterocycles. The first-order valence-corrected chi connectivity index (χ1v) is 8.84. The Hall–Kier alpha value is -3.12. The second kappa shape index (κ2) is 6.89. The monoisotopic (exact) mass is 380 g/mol. The quantitative estimate of drug-likeness (QED) is 0.561. The normalized spacial score (nSPS) is 11.1. The summed E-state index contributed by atoms with van der Waals surface area (Å²) in [6.45, 7) is 4.15. The number of pyridine rings is 1. The molecule has 0 saturated heterocycles. The van der Waals surface area contributed by atoms with Crippen LogP contribution >= 0.6 is 11.6 Å².